The summed E-state index contributed by atoms with van der Waals surface area (Å²) in [5.74, 6) is -0.108. The molecule has 0 radical (unpaired) electrons. The van der Waals surface area contributed by atoms with Gasteiger partial charge in [0.2, 0.25) is 5.91 Å². The van der Waals surface area contributed by atoms with Crippen LogP contribution in [0.3, 0.4) is 0 Å². The van der Waals surface area contributed by atoms with E-state index in [-0.39, 0.29) is 18.1 Å². The molecule has 13 heavy (non-hydrogen) atoms. The van der Waals surface area contributed by atoms with E-state index in [2.05, 4.69) is 5.32 Å². The van der Waals surface area contributed by atoms with E-state index in [0.717, 1.165) is 19.4 Å². The highest BCUT2D eigenvalue weighted by molar-refractivity contribution is 5.81. The molecule has 4 heteroatoms. The van der Waals surface area contributed by atoms with Crippen LogP contribution in [0, 0.1) is 0 Å². The Morgan fingerprint density at radius 1 is 1.62 bits per heavy atom. The van der Waals surface area contributed by atoms with Crippen LogP contribution in [-0.4, -0.2) is 30.7 Å². The average Bonchev–Trinajstić information content (AvgIpc) is 2.55. The number of carbonyl (C=O) groups is 1. The standard InChI is InChI=1S/C9H18N2O2/c1-6(10)9(12)11-7(2)8-4-3-5-13-8/h6-8H,3-5,10H2,1-2H3,(H,11,12). The van der Waals surface area contributed by atoms with Gasteiger partial charge < -0.3 is 15.8 Å². The summed E-state index contributed by atoms with van der Waals surface area (Å²) in [6.07, 6.45) is 2.28. The molecule has 1 aliphatic rings. The minimum absolute atomic E-state index is 0.0704. The van der Waals surface area contributed by atoms with Gasteiger partial charge in [0.15, 0.2) is 0 Å². The molecule has 3 unspecified atom stereocenters. The van der Waals surface area contributed by atoms with Crippen molar-refractivity contribution in [2.75, 3.05) is 6.61 Å². The van der Waals surface area contributed by atoms with E-state index < -0.39 is 6.04 Å². The Morgan fingerprint density at radius 3 is 2.77 bits per heavy atom. The third kappa shape index (κ3) is 2.97. The van der Waals surface area contributed by atoms with E-state index in [1.165, 1.54) is 0 Å². The van der Waals surface area contributed by atoms with Crippen molar-refractivity contribution in [2.45, 2.75) is 44.9 Å². The van der Waals surface area contributed by atoms with Crippen molar-refractivity contribution in [1.82, 2.24) is 5.32 Å². The van der Waals surface area contributed by atoms with Crippen LogP contribution in [0.15, 0.2) is 0 Å². The third-order valence-corrected chi connectivity index (χ3v) is 2.31. The summed E-state index contributed by atoms with van der Waals surface area (Å²) >= 11 is 0. The van der Waals surface area contributed by atoms with E-state index >= 15 is 0 Å². The molecule has 0 spiro atoms. The highest BCUT2D eigenvalue weighted by atomic mass is 16.5. The molecule has 1 saturated heterocycles. The Kier molecular flexibility index (Phi) is 3.69. The predicted molar refractivity (Wildman–Crippen MR) is 50.2 cm³/mol. The van der Waals surface area contributed by atoms with Gasteiger partial charge >= 0.3 is 0 Å². The van der Waals surface area contributed by atoms with Crippen molar-refractivity contribution in [2.24, 2.45) is 5.73 Å². The van der Waals surface area contributed by atoms with Gasteiger partial charge in [-0.2, -0.15) is 0 Å². The van der Waals surface area contributed by atoms with Gasteiger partial charge in [-0.15, -0.1) is 0 Å². The van der Waals surface area contributed by atoms with Crippen LogP contribution >= 0.6 is 0 Å². The lowest BCUT2D eigenvalue weighted by Gasteiger charge is -2.20. The Labute approximate surface area is 78.8 Å². The van der Waals surface area contributed by atoms with Crippen molar-refractivity contribution in [3.63, 3.8) is 0 Å². The topological polar surface area (TPSA) is 64.4 Å². The SMILES string of the molecule is CC(N)C(=O)NC(C)C1CCCO1. The van der Waals surface area contributed by atoms with E-state index in [1.807, 2.05) is 6.92 Å². The molecule has 1 rings (SSSR count). The molecule has 0 saturated carbocycles. The molecule has 0 bridgehead atoms. The van der Waals surface area contributed by atoms with E-state index in [1.54, 1.807) is 6.92 Å². The number of nitrogens with two attached hydrogens (primary N) is 1. The summed E-state index contributed by atoms with van der Waals surface area (Å²) in [6, 6.07) is -0.371. The number of hydrogen-bond acceptors (Lipinski definition) is 3. The largest absolute Gasteiger partial charge is 0.376 e. The number of carbonyl (C=O) groups excluding carboxylic acids is 1. The van der Waals surface area contributed by atoms with Crippen LogP contribution < -0.4 is 11.1 Å². The van der Waals surface area contributed by atoms with Crippen molar-refractivity contribution < 1.29 is 9.53 Å². The van der Waals surface area contributed by atoms with Crippen LogP contribution in [0.2, 0.25) is 0 Å². The van der Waals surface area contributed by atoms with E-state index in [4.69, 9.17) is 10.5 Å². The van der Waals surface area contributed by atoms with Gasteiger partial charge in [0.05, 0.1) is 18.2 Å². The number of amides is 1. The summed E-state index contributed by atoms with van der Waals surface area (Å²) in [5.41, 5.74) is 5.43. The van der Waals surface area contributed by atoms with Gasteiger partial charge in [0.25, 0.3) is 0 Å². The second-order valence-electron chi connectivity index (χ2n) is 3.64. The van der Waals surface area contributed by atoms with Crippen molar-refractivity contribution in [3.05, 3.63) is 0 Å². The first-order valence-electron chi connectivity index (χ1n) is 4.79. The molecule has 1 fully saturated rings. The molecular weight excluding hydrogens is 168 g/mol. The fraction of sp³-hybridized carbons (Fsp3) is 0.889. The maximum atomic E-state index is 11.2. The van der Waals surface area contributed by atoms with Gasteiger partial charge in [-0.3, -0.25) is 4.79 Å². The monoisotopic (exact) mass is 186 g/mol. The number of nitrogens with one attached hydrogen (secondary N) is 1. The zero-order valence-electron chi connectivity index (χ0n) is 8.25. The van der Waals surface area contributed by atoms with Gasteiger partial charge in [0.1, 0.15) is 0 Å². The summed E-state index contributed by atoms with van der Waals surface area (Å²) in [7, 11) is 0. The number of ether oxygens (including phenoxy) is 1. The van der Waals surface area contributed by atoms with Gasteiger partial charge in [-0.05, 0) is 26.7 Å². The molecule has 1 aliphatic heterocycles. The minimum atomic E-state index is -0.441. The van der Waals surface area contributed by atoms with Crippen molar-refractivity contribution in [3.8, 4) is 0 Å². The van der Waals surface area contributed by atoms with Crippen LogP contribution in [-0.2, 0) is 9.53 Å². The second-order valence-corrected chi connectivity index (χ2v) is 3.64. The highest BCUT2D eigenvalue weighted by Gasteiger charge is 2.24. The molecule has 0 aromatic carbocycles. The minimum Gasteiger partial charge on any atom is -0.376 e. The predicted octanol–water partition coefficient (Wildman–Crippen LogP) is 0.0173. The molecule has 0 aromatic heterocycles. The maximum absolute atomic E-state index is 11.2. The lowest BCUT2D eigenvalue weighted by molar-refractivity contribution is -0.123. The third-order valence-electron chi connectivity index (χ3n) is 2.31. The molecule has 0 aromatic rings. The Morgan fingerprint density at radius 2 is 2.31 bits per heavy atom. The van der Waals surface area contributed by atoms with Crippen LogP contribution in [0.5, 0.6) is 0 Å². The van der Waals surface area contributed by atoms with Crippen LogP contribution in [0.25, 0.3) is 0 Å². The number of rotatable bonds is 3. The lowest BCUT2D eigenvalue weighted by atomic mass is 10.1. The van der Waals surface area contributed by atoms with E-state index in [0.29, 0.717) is 0 Å². The summed E-state index contributed by atoms with van der Waals surface area (Å²) in [6.45, 7) is 4.44. The normalized spacial score (nSPS) is 26.8. The van der Waals surface area contributed by atoms with E-state index in [9.17, 15) is 4.79 Å². The molecule has 3 atom stereocenters. The van der Waals surface area contributed by atoms with Gasteiger partial charge in [0, 0.05) is 6.61 Å². The average molecular weight is 186 g/mol. The first-order chi connectivity index (χ1) is 6.11. The first kappa shape index (κ1) is 10.5. The van der Waals surface area contributed by atoms with Gasteiger partial charge in [-0.1, -0.05) is 0 Å². The first-order valence-corrected chi connectivity index (χ1v) is 4.79. The molecule has 1 amide bonds. The zero-order chi connectivity index (χ0) is 9.84. The molecule has 4 nitrogen and oxygen atoms in total. The Balaban J connectivity index is 2.31. The zero-order valence-corrected chi connectivity index (χ0v) is 8.25. The number of hydrogen-bond donors (Lipinski definition) is 2. The summed E-state index contributed by atoms with van der Waals surface area (Å²) in [5, 5.41) is 2.83. The molecule has 1 heterocycles. The molecule has 76 valence electrons. The van der Waals surface area contributed by atoms with Crippen LogP contribution in [0.1, 0.15) is 26.7 Å². The Hall–Kier alpha value is -0.610. The molecular formula is C9H18N2O2. The quantitative estimate of drug-likeness (QED) is 0.653. The fourth-order valence-corrected chi connectivity index (χ4v) is 1.45. The second kappa shape index (κ2) is 4.58. The maximum Gasteiger partial charge on any atom is 0.236 e. The molecule has 0 aliphatic carbocycles. The molecule has 3 N–H and O–H groups in total. The Bertz CT molecular complexity index is 176. The van der Waals surface area contributed by atoms with Crippen molar-refractivity contribution >= 4 is 5.91 Å². The van der Waals surface area contributed by atoms with Crippen molar-refractivity contribution in [1.29, 1.82) is 0 Å². The van der Waals surface area contributed by atoms with Crippen LogP contribution in [0.4, 0.5) is 0 Å². The fourth-order valence-electron chi connectivity index (χ4n) is 1.45. The highest BCUT2D eigenvalue weighted by Crippen LogP contribution is 2.15. The lowest BCUT2D eigenvalue weighted by Crippen LogP contribution is -2.47. The smallest absolute Gasteiger partial charge is 0.236 e. The summed E-state index contributed by atoms with van der Waals surface area (Å²) in [4.78, 5) is 11.2. The summed E-state index contributed by atoms with van der Waals surface area (Å²) < 4.78 is 5.44. The van der Waals surface area contributed by atoms with Gasteiger partial charge in [-0.25, -0.2) is 0 Å².